The number of piperazine rings is 1. The quantitative estimate of drug-likeness (QED) is 0.864. The lowest BCUT2D eigenvalue weighted by molar-refractivity contribution is -0.0419. The summed E-state index contributed by atoms with van der Waals surface area (Å²) in [5.41, 5.74) is 2.85. The van der Waals surface area contributed by atoms with Crippen LogP contribution in [0.5, 0.6) is 0 Å². The van der Waals surface area contributed by atoms with Gasteiger partial charge in [-0.25, -0.2) is 0 Å². The Labute approximate surface area is 120 Å². The summed E-state index contributed by atoms with van der Waals surface area (Å²) in [5, 5.41) is 3.43. The van der Waals surface area contributed by atoms with E-state index in [-0.39, 0.29) is 0 Å². The van der Waals surface area contributed by atoms with Crippen molar-refractivity contribution >= 4 is 0 Å². The van der Waals surface area contributed by atoms with Gasteiger partial charge in [0, 0.05) is 45.3 Å². The van der Waals surface area contributed by atoms with Crippen molar-refractivity contribution in [1.29, 1.82) is 0 Å². The zero-order valence-corrected chi connectivity index (χ0v) is 11.9. The van der Waals surface area contributed by atoms with Crippen LogP contribution >= 0.6 is 0 Å². The standard InChI is InChI=1S/C16H23N3O/c1-2-4-15-13(3-1)11-20-12-16(15)19-9-14(10-19)18-7-5-17-6-8-18/h1-4,14,16-17H,5-12H2. The molecule has 0 amide bonds. The third-order valence-electron chi connectivity index (χ3n) is 4.95. The van der Waals surface area contributed by atoms with E-state index < -0.39 is 0 Å². The van der Waals surface area contributed by atoms with Gasteiger partial charge in [0.2, 0.25) is 0 Å². The molecule has 4 heteroatoms. The Morgan fingerprint density at radius 3 is 2.70 bits per heavy atom. The Kier molecular flexibility index (Phi) is 3.48. The Morgan fingerprint density at radius 2 is 1.85 bits per heavy atom. The van der Waals surface area contributed by atoms with Crippen molar-refractivity contribution in [2.24, 2.45) is 0 Å². The number of nitrogens with zero attached hydrogens (tertiary/aromatic N) is 2. The van der Waals surface area contributed by atoms with Crippen LogP contribution in [-0.2, 0) is 11.3 Å². The summed E-state index contributed by atoms with van der Waals surface area (Å²) in [5.74, 6) is 0. The van der Waals surface area contributed by atoms with Crippen molar-refractivity contribution in [3.63, 3.8) is 0 Å². The van der Waals surface area contributed by atoms with Crippen molar-refractivity contribution in [1.82, 2.24) is 15.1 Å². The predicted octanol–water partition coefficient (Wildman–Crippen LogP) is 0.847. The molecule has 2 saturated heterocycles. The number of rotatable bonds is 2. The molecule has 0 saturated carbocycles. The number of nitrogens with one attached hydrogen (secondary N) is 1. The van der Waals surface area contributed by atoms with E-state index in [9.17, 15) is 0 Å². The summed E-state index contributed by atoms with van der Waals surface area (Å²) >= 11 is 0. The molecule has 4 rings (SSSR count). The first kappa shape index (κ1) is 12.8. The maximum absolute atomic E-state index is 5.78. The highest BCUT2D eigenvalue weighted by Crippen LogP contribution is 2.33. The number of hydrogen-bond acceptors (Lipinski definition) is 4. The molecule has 0 radical (unpaired) electrons. The minimum absolute atomic E-state index is 0.471. The van der Waals surface area contributed by atoms with E-state index in [0.29, 0.717) is 6.04 Å². The SMILES string of the molecule is c1ccc2c(c1)COCC2N1CC(N2CCNCC2)C1. The van der Waals surface area contributed by atoms with Crippen molar-refractivity contribution in [3.8, 4) is 0 Å². The van der Waals surface area contributed by atoms with Crippen LogP contribution in [0, 0.1) is 0 Å². The van der Waals surface area contributed by atoms with Gasteiger partial charge >= 0.3 is 0 Å². The molecule has 1 atom stereocenters. The molecule has 1 N–H and O–H groups in total. The monoisotopic (exact) mass is 273 g/mol. The fourth-order valence-corrected chi connectivity index (χ4v) is 3.68. The third-order valence-corrected chi connectivity index (χ3v) is 4.95. The molecule has 0 spiro atoms. The van der Waals surface area contributed by atoms with Crippen LogP contribution in [0.3, 0.4) is 0 Å². The topological polar surface area (TPSA) is 27.7 Å². The van der Waals surface area contributed by atoms with Gasteiger partial charge in [-0.2, -0.15) is 0 Å². The molecular weight excluding hydrogens is 250 g/mol. The van der Waals surface area contributed by atoms with Gasteiger partial charge in [0.1, 0.15) is 0 Å². The summed E-state index contributed by atoms with van der Waals surface area (Å²) in [7, 11) is 0. The predicted molar refractivity (Wildman–Crippen MR) is 78.6 cm³/mol. The fourth-order valence-electron chi connectivity index (χ4n) is 3.68. The molecule has 0 aromatic heterocycles. The van der Waals surface area contributed by atoms with Gasteiger partial charge in [0.25, 0.3) is 0 Å². The van der Waals surface area contributed by atoms with Gasteiger partial charge in [-0.1, -0.05) is 24.3 Å². The summed E-state index contributed by atoms with van der Waals surface area (Å²) in [6.45, 7) is 8.72. The number of likely N-dealkylation sites (tertiary alicyclic amines) is 1. The molecule has 2 fully saturated rings. The first-order chi connectivity index (χ1) is 9.92. The van der Waals surface area contributed by atoms with Crippen LogP contribution in [0.1, 0.15) is 17.2 Å². The maximum Gasteiger partial charge on any atom is 0.0721 e. The second-order valence-corrected chi connectivity index (χ2v) is 6.12. The fraction of sp³-hybridized carbons (Fsp3) is 0.625. The van der Waals surface area contributed by atoms with Gasteiger partial charge in [-0.05, 0) is 11.1 Å². The second-order valence-electron chi connectivity index (χ2n) is 6.12. The van der Waals surface area contributed by atoms with E-state index in [4.69, 9.17) is 4.74 Å². The summed E-state index contributed by atoms with van der Waals surface area (Å²) in [6.07, 6.45) is 0. The smallest absolute Gasteiger partial charge is 0.0721 e. The van der Waals surface area contributed by atoms with Crippen molar-refractivity contribution < 1.29 is 4.74 Å². The van der Waals surface area contributed by atoms with Crippen LogP contribution in [0.25, 0.3) is 0 Å². The van der Waals surface area contributed by atoms with Crippen LogP contribution < -0.4 is 5.32 Å². The first-order valence-electron chi connectivity index (χ1n) is 7.76. The Hall–Kier alpha value is -0.940. The van der Waals surface area contributed by atoms with Crippen molar-refractivity contribution in [3.05, 3.63) is 35.4 Å². The molecule has 0 bridgehead atoms. The van der Waals surface area contributed by atoms with Crippen LogP contribution in [0.15, 0.2) is 24.3 Å². The van der Waals surface area contributed by atoms with Gasteiger partial charge in [0.05, 0.1) is 19.3 Å². The number of fused-ring (bicyclic) bond motifs is 1. The Morgan fingerprint density at radius 1 is 1.05 bits per heavy atom. The number of benzene rings is 1. The number of ether oxygens (including phenoxy) is 1. The summed E-state index contributed by atoms with van der Waals surface area (Å²) < 4.78 is 5.78. The highest BCUT2D eigenvalue weighted by molar-refractivity contribution is 5.31. The summed E-state index contributed by atoms with van der Waals surface area (Å²) in [4.78, 5) is 5.23. The first-order valence-corrected chi connectivity index (χ1v) is 7.76. The van der Waals surface area contributed by atoms with E-state index in [0.717, 1.165) is 32.3 Å². The highest BCUT2D eigenvalue weighted by Gasteiger charge is 2.38. The molecule has 108 valence electrons. The average molecular weight is 273 g/mol. The second kappa shape index (κ2) is 5.45. The van der Waals surface area contributed by atoms with E-state index in [1.165, 1.54) is 37.3 Å². The lowest BCUT2D eigenvalue weighted by atomic mass is 9.93. The van der Waals surface area contributed by atoms with E-state index >= 15 is 0 Å². The highest BCUT2D eigenvalue weighted by atomic mass is 16.5. The molecule has 1 aromatic carbocycles. The maximum atomic E-state index is 5.78. The van der Waals surface area contributed by atoms with Gasteiger partial charge in [-0.15, -0.1) is 0 Å². The normalized spacial score (nSPS) is 28.9. The molecule has 4 nitrogen and oxygen atoms in total. The van der Waals surface area contributed by atoms with Crippen molar-refractivity contribution in [2.75, 3.05) is 45.9 Å². The van der Waals surface area contributed by atoms with E-state index in [2.05, 4.69) is 39.4 Å². The molecule has 3 aliphatic rings. The Bertz CT molecular complexity index is 467. The Balaban J connectivity index is 1.41. The van der Waals surface area contributed by atoms with E-state index in [1.807, 2.05) is 0 Å². The molecule has 3 heterocycles. The molecular formula is C16H23N3O. The minimum Gasteiger partial charge on any atom is -0.375 e. The average Bonchev–Trinajstić information content (AvgIpc) is 2.47. The molecule has 1 unspecified atom stereocenters. The van der Waals surface area contributed by atoms with E-state index in [1.54, 1.807) is 0 Å². The van der Waals surface area contributed by atoms with Gasteiger partial charge < -0.3 is 10.1 Å². The van der Waals surface area contributed by atoms with Crippen LogP contribution in [0.4, 0.5) is 0 Å². The lowest BCUT2D eigenvalue weighted by Gasteiger charge is -2.50. The summed E-state index contributed by atoms with van der Waals surface area (Å²) in [6, 6.07) is 9.98. The third kappa shape index (κ3) is 2.27. The van der Waals surface area contributed by atoms with Gasteiger partial charge in [0.15, 0.2) is 0 Å². The van der Waals surface area contributed by atoms with Crippen LogP contribution in [-0.4, -0.2) is 61.7 Å². The molecule has 1 aromatic rings. The zero-order valence-electron chi connectivity index (χ0n) is 11.9. The molecule has 20 heavy (non-hydrogen) atoms. The lowest BCUT2D eigenvalue weighted by Crippen LogP contribution is -2.63. The zero-order chi connectivity index (χ0) is 13.4. The van der Waals surface area contributed by atoms with Gasteiger partial charge in [-0.3, -0.25) is 9.80 Å². The molecule has 3 aliphatic heterocycles. The minimum atomic E-state index is 0.471. The van der Waals surface area contributed by atoms with Crippen molar-refractivity contribution in [2.45, 2.75) is 18.7 Å². The molecule has 0 aliphatic carbocycles. The number of hydrogen-bond donors (Lipinski definition) is 1. The largest absolute Gasteiger partial charge is 0.375 e. The van der Waals surface area contributed by atoms with Crippen LogP contribution in [0.2, 0.25) is 0 Å².